The van der Waals surface area contributed by atoms with Gasteiger partial charge in [0.25, 0.3) is 0 Å². The van der Waals surface area contributed by atoms with Gasteiger partial charge >= 0.3 is 0 Å². The number of rotatable bonds is 7. The van der Waals surface area contributed by atoms with Crippen molar-refractivity contribution in [2.24, 2.45) is 0 Å². The Morgan fingerprint density at radius 2 is 0.937 bits per heavy atom. The molecule has 0 atom stereocenters. The van der Waals surface area contributed by atoms with E-state index in [1.807, 2.05) is 24.3 Å². The molecule has 0 saturated carbocycles. The Morgan fingerprint density at radius 3 is 1.57 bits per heavy atom. The Labute approximate surface area is 378 Å². The number of thiophene rings is 1. The van der Waals surface area contributed by atoms with Crippen molar-refractivity contribution in [1.82, 2.24) is 15.0 Å². The van der Waals surface area contributed by atoms with Crippen LogP contribution in [0.15, 0.2) is 202 Å². The molecule has 0 amide bonds. The zero-order chi connectivity index (χ0) is 42.8. The molecule has 0 aliphatic heterocycles. The minimum Gasteiger partial charge on any atom is -0.255 e. The van der Waals surface area contributed by atoms with Crippen molar-refractivity contribution in [3.8, 4) is 33.8 Å². The Balaban J connectivity index is 1.36. The van der Waals surface area contributed by atoms with Crippen molar-refractivity contribution in [2.75, 3.05) is 0 Å². The van der Waals surface area contributed by atoms with E-state index in [4.69, 9.17) is 54.2 Å². The van der Waals surface area contributed by atoms with Crippen LogP contribution in [0, 0.1) is 0 Å². The first-order valence-corrected chi connectivity index (χ1v) is 22.9. The van der Waals surface area contributed by atoms with Gasteiger partial charge in [-0.2, -0.15) is 0 Å². The first-order valence-electron chi connectivity index (χ1n) is 20.5. The van der Waals surface area contributed by atoms with Crippen LogP contribution >= 0.6 is 21.4 Å². The van der Waals surface area contributed by atoms with Crippen LogP contribution < -0.4 is 27.3 Å². The summed E-state index contributed by atoms with van der Waals surface area (Å²) in [5.41, 5.74) is 6.60. The number of pyridine rings is 3. The highest BCUT2D eigenvalue weighted by molar-refractivity contribution is 8.34. The van der Waals surface area contributed by atoms with Gasteiger partial charge in [-0.1, -0.05) is 120 Å². The number of benzene rings is 7. The second kappa shape index (κ2) is 15.6. The van der Waals surface area contributed by atoms with Crippen LogP contribution in [-0.4, -0.2) is 54.2 Å². The lowest BCUT2D eigenvalue weighted by molar-refractivity contribution is 1.24. The lowest BCUT2D eigenvalue weighted by atomic mass is 9.59. The number of aromatic nitrogens is 3. The number of fused-ring (bicyclic) bond motifs is 6. The van der Waals surface area contributed by atoms with Crippen LogP contribution in [0.3, 0.4) is 0 Å². The van der Waals surface area contributed by atoms with Gasteiger partial charge in [-0.05, 0) is 77.9 Å². The maximum atomic E-state index is 6.85. The van der Waals surface area contributed by atoms with Gasteiger partial charge in [-0.25, -0.2) is 9.97 Å². The first kappa shape index (κ1) is 39.3. The summed E-state index contributed by atoms with van der Waals surface area (Å²) in [6.07, 6.45) is 1.75. The fraction of sp³-hybridized carbons (Fsp3) is 0. The summed E-state index contributed by atoms with van der Waals surface area (Å²) in [6, 6.07) is 61.9. The molecule has 4 heterocycles. The van der Waals surface area contributed by atoms with E-state index in [9.17, 15) is 0 Å². The van der Waals surface area contributed by atoms with Crippen LogP contribution in [0.25, 0.3) is 75.8 Å². The number of hydrogen-bond acceptors (Lipinski definition) is 4. The molecule has 10 radical (unpaired) electrons. The summed E-state index contributed by atoms with van der Waals surface area (Å²) >= 11 is 1.78. The second-order valence-electron chi connectivity index (χ2n) is 15.4. The molecule has 7 aromatic carbocycles. The zero-order valence-corrected chi connectivity index (χ0v) is 35.5. The normalized spacial score (nSPS) is 12.1. The molecule has 0 bridgehead atoms. The Kier molecular flexibility index (Phi) is 9.75. The molecule has 0 N–H and O–H groups in total. The standard InChI is InChI=1S/C53H30B5N3S2/c54-46-45(47(55)49(57)50(58)48(46)56)39-29-42(40-24-12-13-28-59-40)61-51-35(39)26-27-38-44(30-41(60-52(38)51)37-23-14-22-36-34-21-10-11-25-43(34)62-53(36)37)63(31-15-4-1-5-16-31,32-17-6-2-7-18-32)33-19-8-3-9-20-33/h1-30H. The predicted octanol–water partition coefficient (Wildman–Crippen LogP) is 8.86. The van der Waals surface area contributed by atoms with Crippen LogP contribution in [0.5, 0.6) is 0 Å². The third kappa shape index (κ3) is 6.22. The maximum absolute atomic E-state index is 6.85. The molecular weight excluding hydrogens is 797 g/mol. The third-order valence-electron chi connectivity index (χ3n) is 11.9. The largest absolute Gasteiger partial charge is 0.255 e. The second-order valence-corrected chi connectivity index (χ2v) is 19.5. The van der Waals surface area contributed by atoms with E-state index < -0.39 is 10.0 Å². The fourth-order valence-corrected chi connectivity index (χ4v) is 14.2. The van der Waals surface area contributed by atoms with Gasteiger partial charge in [0.2, 0.25) is 0 Å². The molecule has 4 aromatic heterocycles. The minimum atomic E-state index is -2.23. The van der Waals surface area contributed by atoms with Gasteiger partial charge in [-0.15, -0.1) is 37.8 Å². The van der Waals surface area contributed by atoms with Crippen molar-refractivity contribution >= 4 is 130 Å². The average Bonchev–Trinajstić information content (AvgIpc) is 3.73. The predicted molar refractivity (Wildman–Crippen MR) is 271 cm³/mol. The fourth-order valence-electron chi connectivity index (χ4n) is 8.94. The molecule has 11 rings (SSSR count). The summed E-state index contributed by atoms with van der Waals surface area (Å²) in [7, 11) is 30.9. The molecule has 0 fully saturated rings. The summed E-state index contributed by atoms with van der Waals surface area (Å²) < 4.78 is 2.38. The summed E-state index contributed by atoms with van der Waals surface area (Å²) in [6.45, 7) is 0. The molecule has 10 heteroatoms. The van der Waals surface area contributed by atoms with Gasteiger partial charge < -0.3 is 0 Å². The number of nitrogens with zero attached hydrogens (tertiary/aromatic N) is 3. The van der Waals surface area contributed by atoms with E-state index in [1.54, 1.807) is 17.5 Å². The molecule has 0 saturated heterocycles. The summed E-state index contributed by atoms with van der Waals surface area (Å²) in [4.78, 5) is 20.6. The van der Waals surface area contributed by atoms with Gasteiger partial charge in [0, 0.05) is 62.3 Å². The molecule has 63 heavy (non-hydrogen) atoms. The smallest absolute Gasteiger partial charge is 0.113 e. The van der Waals surface area contributed by atoms with Crippen molar-refractivity contribution in [3.05, 3.63) is 182 Å². The van der Waals surface area contributed by atoms with E-state index in [-0.39, 0.29) is 27.3 Å². The van der Waals surface area contributed by atoms with Gasteiger partial charge in [-0.3, -0.25) is 4.98 Å². The molecule has 0 aliphatic rings. The third-order valence-corrected chi connectivity index (χ3v) is 17.1. The lowest BCUT2D eigenvalue weighted by Gasteiger charge is -2.42. The van der Waals surface area contributed by atoms with E-state index in [0.717, 1.165) is 31.6 Å². The minimum absolute atomic E-state index is 0.149. The Hall–Kier alpha value is -6.60. The van der Waals surface area contributed by atoms with Crippen LogP contribution in [0.4, 0.5) is 0 Å². The zero-order valence-electron chi connectivity index (χ0n) is 33.9. The van der Waals surface area contributed by atoms with Crippen molar-refractivity contribution in [2.45, 2.75) is 19.6 Å². The molecule has 11 aromatic rings. The highest BCUT2D eigenvalue weighted by Gasteiger charge is 2.36. The van der Waals surface area contributed by atoms with Crippen molar-refractivity contribution < 1.29 is 0 Å². The highest BCUT2D eigenvalue weighted by atomic mass is 32.3. The van der Waals surface area contributed by atoms with Crippen molar-refractivity contribution in [3.63, 3.8) is 0 Å². The van der Waals surface area contributed by atoms with Crippen molar-refractivity contribution in [1.29, 1.82) is 0 Å². The maximum Gasteiger partial charge on any atom is 0.113 e. The van der Waals surface area contributed by atoms with E-state index in [1.165, 1.54) is 30.2 Å². The van der Waals surface area contributed by atoms with E-state index >= 15 is 0 Å². The SMILES string of the molecule is [B]c1c([B])c([B])c(-c2cc(-c3ccccn3)nc3c2ccc2c(S(c4ccccc4)(c4ccccc4)c4ccccc4)cc(-c4cccc5c4sc4ccccc45)nc23)c([B])c1[B]. The van der Waals surface area contributed by atoms with Crippen LogP contribution in [0.2, 0.25) is 0 Å². The molecule has 3 nitrogen and oxygen atoms in total. The van der Waals surface area contributed by atoms with Gasteiger partial charge in [0.05, 0.1) is 28.1 Å². The highest BCUT2D eigenvalue weighted by Crippen LogP contribution is 2.74. The molecule has 284 valence electrons. The first-order chi connectivity index (χ1) is 30.8. The molecule has 0 spiro atoms. The number of hydrogen-bond donors (Lipinski definition) is 0. The summed E-state index contributed by atoms with van der Waals surface area (Å²) in [5, 5.41) is 4.12. The van der Waals surface area contributed by atoms with Gasteiger partial charge in [0.1, 0.15) is 39.2 Å². The average molecular weight is 827 g/mol. The van der Waals surface area contributed by atoms with Crippen LogP contribution in [0.1, 0.15) is 0 Å². The monoisotopic (exact) mass is 827 g/mol. The van der Waals surface area contributed by atoms with E-state index in [2.05, 4.69) is 152 Å². The molecular formula is C53H30B5N3S2. The Morgan fingerprint density at radius 1 is 0.397 bits per heavy atom. The lowest BCUT2D eigenvalue weighted by Crippen LogP contribution is -2.55. The Bertz CT molecular complexity index is 3440. The molecule has 0 unspecified atom stereocenters. The quantitative estimate of drug-likeness (QED) is 0.119. The van der Waals surface area contributed by atoms with Crippen LogP contribution in [-0.2, 0) is 0 Å². The molecule has 0 aliphatic carbocycles. The van der Waals surface area contributed by atoms with E-state index in [0.29, 0.717) is 33.5 Å². The topological polar surface area (TPSA) is 38.7 Å². The van der Waals surface area contributed by atoms with Gasteiger partial charge in [0.15, 0.2) is 0 Å². The summed E-state index contributed by atoms with van der Waals surface area (Å²) in [5.74, 6) is 0.